The zero-order valence-corrected chi connectivity index (χ0v) is 33.4. The van der Waals surface area contributed by atoms with Gasteiger partial charge in [0.2, 0.25) is 20.1 Å². The molecule has 51 heavy (non-hydrogen) atoms. The van der Waals surface area contributed by atoms with E-state index in [0.29, 0.717) is 18.6 Å². The number of allylic oxidation sites excluding steroid dienone is 2. The molecule has 0 spiro atoms. The Morgan fingerprint density at radius 1 is 1.08 bits per heavy atom. The number of carboxylic acid groups (broad SMARTS) is 1. The van der Waals surface area contributed by atoms with Crippen molar-refractivity contribution < 1.29 is 38.2 Å². The van der Waals surface area contributed by atoms with Gasteiger partial charge in [-0.25, -0.2) is 5.43 Å². The number of amides is 3. The van der Waals surface area contributed by atoms with E-state index in [1.807, 2.05) is 51.1 Å². The Morgan fingerprint density at radius 3 is 2.29 bits per heavy atom. The van der Waals surface area contributed by atoms with Crippen molar-refractivity contribution in [2.75, 3.05) is 20.8 Å². The molecule has 4 N–H and O–H groups in total. The summed E-state index contributed by atoms with van der Waals surface area (Å²) in [5.74, 6) is -2.97. The number of nitrogens with one attached hydrogen (secondary N) is 3. The standard InChI is InChI=1S/C38H62N4O8Si/c1-13-14-20-31(48-9)25(4)33(49-10)26(5)34(43)40-32(24(2)3)35(44)39-30(36(45)42-21-16-19-29(41-42)37(46)47)23-27-17-15-18-28(22-27)50-51(11,12)38(6,7)8/h13-15,17-18,20,22,24-26,29-33,41H,1,16,19,21,23H2,2-12H3,(H,39,44)(H,40,43)(H,46,47)/b20-14+/t25-,26+,29-,30-,31-,32-,33+/m0/s1. The molecular formula is C38H62N4O8Si. The lowest BCUT2D eigenvalue weighted by atomic mass is 9.87. The summed E-state index contributed by atoms with van der Waals surface area (Å²) >= 11 is 0. The molecule has 0 radical (unpaired) electrons. The van der Waals surface area contributed by atoms with Gasteiger partial charge in [0.05, 0.1) is 18.1 Å². The Labute approximate surface area is 305 Å². The van der Waals surface area contributed by atoms with Crippen molar-refractivity contribution in [3.05, 3.63) is 54.6 Å². The number of carbonyl (C=O) groups excluding carboxylic acids is 3. The molecule has 1 aliphatic rings. The number of hydrogen-bond donors (Lipinski definition) is 4. The number of ether oxygens (including phenoxy) is 2. The van der Waals surface area contributed by atoms with E-state index in [-0.39, 0.29) is 41.9 Å². The Balaban J connectivity index is 2.38. The van der Waals surface area contributed by atoms with Crippen LogP contribution < -0.4 is 20.5 Å². The van der Waals surface area contributed by atoms with Crippen molar-refractivity contribution in [2.45, 2.75) is 116 Å². The molecule has 0 saturated carbocycles. The maximum Gasteiger partial charge on any atom is 0.322 e. The summed E-state index contributed by atoms with van der Waals surface area (Å²) < 4.78 is 17.9. The second-order valence-electron chi connectivity index (χ2n) is 15.3. The molecule has 1 aliphatic heterocycles. The number of carbonyl (C=O) groups is 4. The van der Waals surface area contributed by atoms with Crippen LogP contribution in [0.15, 0.2) is 49.1 Å². The summed E-state index contributed by atoms with van der Waals surface area (Å²) in [5.41, 5.74) is 3.57. The monoisotopic (exact) mass is 730 g/mol. The first-order valence-electron chi connectivity index (χ1n) is 17.8. The normalized spacial score (nSPS) is 19.1. The number of hydrazine groups is 1. The van der Waals surface area contributed by atoms with Crippen molar-refractivity contribution >= 4 is 32.0 Å². The molecule has 3 amide bonds. The van der Waals surface area contributed by atoms with Crippen LogP contribution in [0.4, 0.5) is 0 Å². The van der Waals surface area contributed by atoms with E-state index in [9.17, 15) is 24.3 Å². The zero-order chi connectivity index (χ0) is 38.7. The highest BCUT2D eigenvalue weighted by molar-refractivity contribution is 6.74. The van der Waals surface area contributed by atoms with Crippen LogP contribution in [0.2, 0.25) is 18.1 Å². The first-order chi connectivity index (χ1) is 23.8. The van der Waals surface area contributed by atoms with E-state index in [1.165, 1.54) is 12.1 Å². The van der Waals surface area contributed by atoms with Crippen LogP contribution in [0, 0.1) is 17.8 Å². The molecule has 1 aromatic carbocycles. The van der Waals surface area contributed by atoms with Gasteiger partial charge >= 0.3 is 5.97 Å². The van der Waals surface area contributed by atoms with Gasteiger partial charge in [-0.05, 0) is 54.6 Å². The molecule has 1 fully saturated rings. The van der Waals surface area contributed by atoms with Gasteiger partial charge in [-0.15, -0.1) is 0 Å². The fraction of sp³-hybridized carbons (Fsp3) is 0.632. The molecule has 1 saturated heterocycles. The molecule has 0 bridgehead atoms. The van der Waals surface area contributed by atoms with E-state index in [0.717, 1.165) is 5.56 Å². The number of carboxylic acids is 1. The second-order valence-corrected chi connectivity index (χ2v) is 20.1. The molecule has 0 aromatic heterocycles. The lowest BCUT2D eigenvalue weighted by Gasteiger charge is -2.36. The Hall–Kier alpha value is -3.52. The third-order valence-corrected chi connectivity index (χ3v) is 14.4. The van der Waals surface area contributed by atoms with Crippen molar-refractivity contribution in [2.24, 2.45) is 17.8 Å². The molecular weight excluding hydrogens is 669 g/mol. The van der Waals surface area contributed by atoms with Crippen LogP contribution in [0.25, 0.3) is 0 Å². The van der Waals surface area contributed by atoms with Crippen LogP contribution >= 0.6 is 0 Å². The van der Waals surface area contributed by atoms with Crippen LogP contribution in [-0.4, -0.2) is 93.2 Å². The first kappa shape index (κ1) is 43.6. The van der Waals surface area contributed by atoms with Crippen molar-refractivity contribution in [1.82, 2.24) is 21.1 Å². The topological polar surface area (TPSA) is 156 Å². The van der Waals surface area contributed by atoms with Crippen molar-refractivity contribution in [1.29, 1.82) is 0 Å². The van der Waals surface area contributed by atoms with Crippen LogP contribution in [0.1, 0.15) is 66.9 Å². The van der Waals surface area contributed by atoms with Gasteiger partial charge in [0, 0.05) is 33.1 Å². The maximum atomic E-state index is 14.0. The van der Waals surface area contributed by atoms with E-state index in [2.05, 4.69) is 56.5 Å². The first-order valence-corrected chi connectivity index (χ1v) is 20.7. The molecule has 12 nitrogen and oxygen atoms in total. The number of aliphatic carboxylic acids is 1. The Kier molecular flexibility index (Phi) is 16.6. The van der Waals surface area contributed by atoms with Crippen molar-refractivity contribution in [3.63, 3.8) is 0 Å². The highest BCUT2D eigenvalue weighted by atomic mass is 28.4. The number of rotatable bonds is 18. The van der Waals surface area contributed by atoms with E-state index in [1.54, 1.807) is 26.2 Å². The molecule has 0 aliphatic carbocycles. The fourth-order valence-corrected chi connectivity index (χ4v) is 6.90. The summed E-state index contributed by atoms with van der Waals surface area (Å²) in [7, 11) is 0.959. The van der Waals surface area contributed by atoms with E-state index < -0.39 is 56.2 Å². The minimum absolute atomic E-state index is 0.0285. The molecule has 1 aromatic rings. The molecule has 7 atom stereocenters. The SMILES string of the molecule is C=C/C=C/[C@H](OC)[C@H](C)[C@@H](OC)[C@@H](C)C(=O)N[C@H](C(=O)N[C@@H](Cc1cccc(O[Si](C)(C)C(C)(C)C)c1)C(=O)N1CCC[C@@H](C(=O)O)N1)C(C)C. The largest absolute Gasteiger partial charge is 0.543 e. The molecule has 286 valence electrons. The predicted molar refractivity (Wildman–Crippen MR) is 201 cm³/mol. The van der Waals surface area contributed by atoms with Gasteiger partial charge in [-0.1, -0.05) is 85.4 Å². The van der Waals surface area contributed by atoms with E-state index in [4.69, 9.17) is 13.9 Å². The summed E-state index contributed by atoms with van der Waals surface area (Å²) in [5, 5.41) is 16.7. The van der Waals surface area contributed by atoms with Crippen LogP contribution in [-0.2, 0) is 35.1 Å². The average molecular weight is 731 g/mol. The lowest BCUT2D eigenvalue weighted by Crippen LogP contribution is -2.62. The summed E-state index contributed by atoms with van der Waals surface area (Å²) in [4.78, 5) is 53.5. The lowest BCUT2D eigenvalue weighted by molar-refractivity contribution is -0.148. The smallest absolute Gasteiger partial charge is 0.322 e. The fourth-order valence-electron chi connectivity index (χ4n) is 5.88. The average Bonchev–Trinajstić information content (AvgIpc) is 3.06. The number of nitrogens with zero attached hydrogens (tertiary/aromatic N) is 1. The van der Waals surface area contributed by atoms with Crippen LogP contribution in [0.5, 0.6) is 5.75 Å². The van der Waals surface area contributed by atoms with Gasteiger partial charge in [0.15, 0.2) is 0 Å². The molecule has 0 unspecified atom stereocenters. The molecule has 2 rings (SSSR count). The molecule has 13 heteroatoms. The summed E-state index contributed by atoms with van der Waals surface area (Å²) in [6, 6.07) is 4.51. The van der Waals surface area contributed by atoms with Gasteiger partial charge in [-0.2, -0.15) is 0 Å². The predicted octanol–water partition coefficient (Wildman–Crippen LogP) is 4.86. The highest BCUT2D eigenvalue weighted by Gasteiger charge is 2.40. The third-order valence-electron chi connectivity index (χ3n) is 10.1. The van der Waals surface area contributed by atoms with E-state index >= 15 is 0 Å². The van der Waals surface area contributed by atoms with Crippen molar-refractivity contribution in [3.8, 4) is 5.75 Å². The van der Waals surface area contributed by atoms with Gasteiger partial charge < -0.3 is 29.6 Å². The highest BCUT2D eigenvalue weighted by Crippen LogP contribution is 2.37. The minimum Gasteiger partial charge on any atom is -0.543 e. The zero-order valence-electron chi connectivity index (χ0n) is 32.4. The molecule has 1 heterocycles. The Morgan fingerprint density at radius 2 is 1.75 bits per heavy atom. The number of hydrogen-bond acceptors (Lipinski definition) is 8. The van der Waals surface area contributed by atoms with Gasteiger partial charge in [-0.3, -0.25) is 24.2 Å². The second kappa shape index (κ2) is 19.4. The Bertz CT molecular complexity index is 1380. The van der Waals surface area contributed by atoms with Gasteiger partial charge in [0.25, 0.3) is 5.91 Å². The maximum absolute atomic E-state index is 14.0. The van der Waals surface area contributed by atoms with Gasteiger partial charge in [0.1, 0.15) is 23.9 Å². The number of benzene rings is 1. The number of methoxy groups -OCH3 is 2. The summed E-state index contributed by atoms with van der Waals surface area (Å²) in [6.45, 7) is 22.1. The minimum atomic E-state index is -2.16. The van der Waals surface area contributed by atoms with Crippen LogP contribution in [0.3, 0.4) is 0 Å². The third kappa shape index (κ3) is 12.3. The summed E-state index contributed by atoms with van der Waals surface area (Å²) in [6.07, 6.45) is 5.37. The quantitative estimate of drug-likeness (QED) is 0.122.